The molecule has 0 spiro atoms. The Morgan fingerprint density at radius 1 is 1.03 bits per heavy atom. The molecular weight excluding hydrogens is 516 g/mol. The van der Waals surface area contributed by atoms with Gasteiger partial charge in [-0.2, -0.15) is 0 Å². The highest BCUT2D eigenvalue weighted by Crippen LogP contribution is 2.39. The molecule has 0 radical (unpaired) electrons. The molecule has 4 amide bonds. The second-order valence-electron chi connectivity index (χ2n) is 10.5. The number of hydrogen-bond donors (Lipinski definition) is 3. The van der Waals surface area contributed by atoms with Crippen LogP contribution >= 0.6 is 11.6 Å². The SMILES string of the molecule is COc1cccc(NC(=O)NC2CC(c3ccc(Cl)cc3)c3ccccc3N(CC(=O)NC(C)(C)C)C2=O)c1. The van der Waals surface area contributed by atoms with Crippen molar-refractivity contribution in [3.05, 3.63) is 88.9 Å². The third-order valence-electron chi connectivity index (χ3n) is 6.36. The molecule has 2 unspecified atom stereocenters. The Kier molecular flexibility index (Phi) is 8.45. The minimum absolute atomic E-state index is 0.184. The van der Waals surface area contributed by atoms with Crippen molar-refractivity contribution in [3.63, 3.8) is 0 Å². The van der Waals surface area contributed by atoms with Crippen LogP contribution < -0.4 is 25.6 Å². The predicted molar refractivity (Wildman–Crippen MR) is 154 cm³/mol. The molecule has 0 bridgehead atoms. The number of benzene rings is 3. The summed E-state index contributed by atoms with van der Waals surface area (Å²) in [4.78, 5) is 41.5. The number of carbonyl (C=O) groups is 3. The normalized spacial score (nSPS) is 17.1. The summed E-state index contributed by atoms with van der Waals surface area (Å²) in [6, 6.07) is 20.5. The van der Waals surface area contributed by atoms with Gasteiger partial charge in [-0.3, -0.25) is 9.59 Å². The van der Waals surface area contributed by atoms with Crippen LogP contribution in [0.1, 0.15) is 44.2 Å². The fourth-order valence-electron chi connectivity index (χ4n) is 4.72. The van der Waals surface area contributed by atoms with E-state index in [4.69, 9.17) is 16.3 Å². The summed E-state index contributed by atoms with van der Waals surface area (Å²) in [5.74, 6) is -0.313. The molecule has 4 rings (SSSR count). The first-order valence-corrected chi connectivity index (χ1v) is 13.1. The average Bonchev–Trinajstić information content (AvgIpc) is 2.99. The van der Waals surface area contributed by atoms with Gasteiger partial charge in [0, 0.05) is 33.9 Å². The van der Waals surface area contributed by atoms with Gasteiger partial charge in [-0.05, 0) is 68.7 Å². The number of urea groups is 1. The molecule has 204 valence electrons. The van der Waals surface area contributed by atoms with Crippen molar-refractivity contribution in [2.24, 2.45) is 0 Å². The van der Waals surface area contributed by atoms with Crippen molar-refractivity contribution in [1.82, 2.24) is 10.6 Å². The number of para-hydroxylation sites is 1. The Labute approximate surface area is 233 Å². The Bertz CT molecular complexity index is 1350. The fraction of sp³-hybridized carbons (Fsp3) is 0.300. The second kappa shape index (κ2) is 11.8. The third-order valence-corrected chi connectivity index (χ3v) is 6.61. The summed E-state index contributed by atoms with van der Waals surface area (Å²) < 4.78 is 5.23. The van der Waals surface area contributed by atoms with Crippen LogP contribution in [-0.2, 0) is 9.59 Å². The number of methoxy groups -OCH3 is 1. The zero-order valence-electron chi connectivity index (χ0n) is 22.5. The van der Waals surface area contributed by atoms with Crippen molar-refractivity contribution in [1.29, 1.82) is 0 Å². The van der Waals surface area contributed by atoms with Crippen molar-refractivity contribution in [3.8, 4) is 5.75 Å². The number of hydrogen-bond acceptors (Lipinski definition) is 4. The standard InChI is InChI=1S/C30H33ClN4O4/c1-30(2,3)34-27(36)18-35-26-11-6-5-10-23(26)24(19-12-14-20(31)15-13-19)17-25(28(35)37)33-29(38)32-21-8-7-9-22(16-21)39-4/h5-16,24-25H,17-18H2,1-4H3,(H,34,36)(H2,32,33,38). The molecule has 0 saturated carbocycles. The quantitative estimate of drug-likeness (QED) is 0.388. The van der Waals surface area contributed by atoms with E-state index < -0.39 is 17.6 Å². The summed E-state index contributed by atoms with van der Waals surface area (Å²) in [7, 11) is 1.54. The van der Waals surface area contributed by atoms with Crippen molar-refractivity contribution in [2.45, 2.75) is 44.7 Å². The van der Waals surface area contributed by atoms with E-state index in [9.17, 15) is 14.4 Å². The number of halogens is 1. The number of amides is 4. The lowest BCUT2D eigenvalue weighted by Gasteiger charge is -2.28. The maximum atomic E-state index is 14.0. The molecule has 2 atom stereocenters. The average molecular weight is 549 g/mol. The first-order valence-electron chi connectivity index (χ1n) is 12.7. The lowest BCUT2D eigenvalue weighted by Crippen LogP contribution is -2.53. The van der Waals surface area contributed by atoms with Gasteiger partial charge in [-0.1, -0.05) is 48.0 Å². The van der Waals surface area contributed by atoms with E-state index in [-0.39, 0.29) is 24.3 Å². The number of rotatable bonds is 6. The Hall–Kier alpha value is -4.04. The van der Waals surface area contributed by atoms with Gasteiger partial charge in [0.15, 0.2) is 0 Å². The van der Waals surface area contributed by atoms with E-state index in [0.29, 0.717) is 28.6 Å². The van der Waals surface area contributed by atoms with Crippen LogP contribution in [0, 0.1) is 0 Å². The van der Waals surface area contributed by atoms with E-state index in [1.165, 1.54) is 4.90 Å². The van der Waals surface area contributed by atoms with E-state index in [2.05, 4.69) is 16.0 Å². The molecule has 3 N–H and O–H groups in total. The lowest BCUT2D eigenvalue weighted by atomic mass is 9.86. The van der Waals surface area contributed by atoms with Gasteiger partial charge >= 0.3 is 6.03 Å². The predicted octanol–water partition coefficient (Wildman–Crippen LogP) is 5.32. The number of nitrogens with one attached hydrogen (secondary N) is 3. The smallest absolute Gasteiger partial charge is 0.319 e. The molecule has 0 saturated heterocycles. The van der Waals surface area contributed by atoms with E-state index in [1.807, 2.05) is 57.2 Å². The highest BCUT2D eigenvalue weighted by molar-refractivity contribution is 6.30. The molecule has 1 heterocycles. The van der Waals surface area contributed by atoms with E-state index >= 15 is 0 Å². The molecule has 0 aliphatic carbocycles. The summed E-state index contributed by atoms with van der Waals surface area (Å²) in [6.07, 6.45) is 0.292. The third kappa shape index (κ3) is 7.09. The maximum absolute atomic E-state index is 14.0. The van der Waals surface area contributed by atoms with E-state index in [1.54, 1.807) is 43.5 Å². The van der Waals surface area contributed by atoms with Crippen molar-refractivity contribution in [2.75, 3.05) is 23.9 Å². The lowest BCUT2D eigenvalue weighted by molar-refractivity contribution is -0.125. The molecule has 39 heavy (non-hydrogen) atoms. The number of fused-ring (bicyclic) bond motifs is 1. The van der Waals surface area contributed by atoms with Crippen LogP contribution in [0.2, 0.25) is 5.02 Å². The molecule has 1 aliphatic heterocycles. The minimum atomic E-state index is -0.911. The van der Waals surface area contributed by atoms with Crippen LogP contribution in [0.3, 0.4) is 0 Å². The zero-order valence-corrected chi connectivity index (χ0v) is 23.2. The van der Waals surface area contributed by atoms with Crippen LogP contribution in [0.25, 0.3) is 0 Å². The van der Waals surface area contributed by atoms with Crippen LogP contribution in [0.4, 0.5) is 16.2 Å². The summed E-state index contributed by atoms with van der Waals surface area (Å²) in [5, 5.41) is 9.16. The van der Waals surface area contributed by atoms with Gasteiger partial charge in [0.1, 0.15) is 18.3 Å². The highest BCUT2D eigenvalue weighted by Gasteiger charge is 2.37. The Balaban J connectivity index is 1.69. The summed E-state index contributed by atoms with van der Waals surface area (Å²) in [6.45, 7) is 5.46. The fourth-order valence-corrected chi connectivity index (χ4v) is 4.85. The van der Waals surface area contributed by atoms with Gasteiger partial charge in [0.05, 0.1) is 7.11 Å². The minimum Gasteiger partial charge on any atom is -0.497 e. The van der Waals surface area contributed by atoms with Gasteiger partial charge in [0.2, 0.25) is 11.8 Å². The molecule has 8 nitrogen and oxygen atoms in total. The number of carbonyl (C=O) groups excluding carboxylic acids is 3. The van der Waals surface area contributed by atoms with Crippen LogP contribution in [0.15, 0.2) is 72.8 Å². The van der Waals surface area contributed by atoms with Crippen molar-refractivity contribution >= 4 is 40.8 Å². The van der Waals surface area contributed by atoms with Gasteiger partial charge in [0.25, 0.3) is 0 Å². The largest absolute Gasteiger partial charge is 0.497 e. The molecular formula is C30H33ClN4O4. The maximum Gasteiger partial charge on any atom is 0.319 e. The first-order chi connectivity index (χ1) is 18.5. The van der Waals surface area contributed by atoms with E-state index in [0.717, 1.165) is 11.1 Å². The number of nitrogens with zero attached hydrogens (tertiary/aromatic N) is 1. The van der Waals surface area contributed by atoms with Crippen LogP contribution in [-0.4, -0.2) is 43.1 Å². The molecule has 0 aromatic heterocycles. The number of ether oxygens (including phenoxy) is 1. The molecule has 3 aromatic carbocycles. The Morgan fingerprint density at radius 3 is 2.44 bits per heavy atom. The second-order valence-corrected chi connectivity index (χ2v) is 10.9. The molecule has 0 fully saturated rings. The monoisotopic (exact) mass is 548 g/mol. The topological polar surface area (TPSA) is 99.8 Å². The summed E-state index contributed by atoms with van der Waals surface area (Å²) in [5.41, 5.74) is 2.51. The van der Waals surface area contributed by atoms with Gasteiger partial charge < -0.3 is 25.6 Å². The Morgan fingerprint density at radius 2 is 1.74 bits per heavy atom. The molecule has 9 heteroatoms. The van der Waals surface area contributed by atoms with Gasteiger partial charge in [-0.25, -0.2) is 4.79 Å². The molecule has 1 aliphatic rings. The van der Waals surface area contributed by atoms with Crippen LogP contribution in [0.5, 0.6) is 5.75 Å². The van der Waals surface area contributed by atoms with Gasteiger partial charge in [-0.15, -0.1) is 0 Å². The summed E-state index contributed by atoms with van der Waals surface area (Å²) >= 11 is 6.15. The first kappa shape index (κ1) is 28.0. The zero-order chi connectivity index (χ0) is 28.2. The number of anilines is 2. The molecule has 3 aromatic rings. The van der Waals surface area contributed by atoms with Crippen molar-refractivity contribution < 1.29 is 19.1 Å². The highest BCUT2D eigenvalue weighted by atomic mass is 35.5.